The van der Waals surface area contributed by atoms with Crippen LogP contribution in [0.15, 0.2) is 47.5 Å². The molecule has 0 bridgehead atoms. The summed E-state index contributed by atoms with van der Waals surface area (Å²) in [4.78, 5) is 31.0. The number of ether oxygens (including phenoxy) is 2. The van der Waals surface area contributed by atoms with Gasteiger partial charge < -0.3 is 14.6 Å². The Morgan fingerprint density at radius 3 is 2.36 bits per heavy atom. The molecule has 2 aliphatic rings. The molecule has 0 radical (unpaired) electrons. The van der Waals surface area contributed by atoms with Crippen molar-refractivity contribution in [2.24, 2.45) is 4.99 Å². The van der Waals surface area contributed by atoms with Crippen molar-refractivity contribution >= 4 is 34.9 Å². The fourth-order valence-electron chi connectivity index (χ4n) is 6.18. The molecule has 1 amide bonds. The molecule has 0 fully saturated rings. The molecule has 0 atom stereocenters. The van der Waals surface area contributed by atoms with E-state index in [1.807, 2.05) is 40.7 Å². The van der Waals surface area contributed by atoms with Gasteiger partial charge in [-0.3, -0.25) is 14.7 Å². The third-order valence-electron chi connectivity index (χ3n) is 7.91. The number of aliphatic imine (C=N–C) groups is 1. The second-order valence-electron chi connectivity index (χ2n) is 12.6. The average Bonchev–Trinajstić information content (AvgIpc) is 3.26. The number of nitrogens with zero attached hydrogens (tertiary/aromatic N) is 2. The Morgan fingerprint density at radius 1 is 1.09 bits per heavy atom. The Bertz CT molecular complexity index is 1730. The summed E-state index contributed by atoms with van der Waals surface area (Å²) in [5, 5.41) is 10.5. The minimum absolute atomic E-state index is 0.171. The zero-order valence-corrected chi connectivity index (χ0v) is 26.6. The molecule has 45 heavy (non-hydrogen) atoms. The van der Waals surface area contributed by atoms with Gasteiger partial charge >= 0.3 is 18.1 Å². The van der Waals surface area contributed by atoms with Gasteiger partial charge in [0, 0.05) is 28.1 Å². The first kappa shape index (κ1) is 32.3. The zero-order valence-electron chi connectivity index (χ0n) is 25.9. The Morgan fingerprint density at radius 2 is 1.76 bits per heavy atom. The fraction of sp³-hybridized carbons (Fsp3) is 0.382. The first-order valence-electron chi connectivity index (χ1n) is 14.5. The van der Waals surface area contributed by atoms with Gasteiger partial charge in [-0.1, -0.05) is 29.8 Å². The van der Waals surface area contributed by atoms with E-state index in [0.29, 0.717) is 57.7 Å². The molecular formula is C34H34ClF3N2O5. The van der Waals surface area contributed by atoms with Crippen LogP contribution >= 0.6 is 11.6 Å². The number of hydrogen-bond acceptors (Lipinski definition) is 5. The predicted octanol–water partition coefficient (Wildman–Crippen LogP) is 7.73. The highest BCUT2D eigenvalue weighted by molar-refractivity contribution is 6.30. The van der Waals surface area contributed by atoms with Gasteiger partial charge in [-0.25, -0.2) is 4.79 Å². The lowest BCUT2D eigenvalue weighted by molar-refractivity contribution is -0.170. The van der Waals surface area contributed by atoms with Crippen LogP contribution in [-0.4, -0.2) is 46.6 Å². The quantitative estimate of drug-likeness (QED) is 0.285. The number of rotatable bonds is 7. The van der Waals surface area contributed by atoms with E-state index in [2.05, 4.69) is 0 Å². The molecule has 0 saturated heterocycles. The summed E-state index contributed by atoms with van der Waals surface area (Å²) in [5.41, 5.74) is 2.01. The third kappa shape index (κ3) is 6.25. The maximum absolute atomic E-state index is 14.1. The van der Waals surface area contributed by atoms with Crippen LogP contribution in [0.5, 0.6) is 11.5 Å². The Kier molecular flexibility index (Phi) is 8.19. The highest BCUT2D eigenvalue weighted by atomic mass is 35.5. The van der Waals surface area contributed by atoms with Crippen molar-refractivity contribution < 1.29 is 37.3 Å². The van der Waals surface area contributed by atoms with Gasteiger partial charge in [-0.05, 0) is 88.9 Å². The van der Waals surface area contributed by atoms with Gasteiger partial charge in [0.2, 0.25) is 0 Å². The summed E-state index contributed by atoms with van der Waals surface area (Å²) in [6, 6.07) is 10.7. The molecule has 11 heteroatoms. The number of anilines is 1. The number of halogens is 4. The second kappa shape index (κ2) is 11.4. The fourth-order valence-corrected chi connectivity index (χ4v) is 6.31. The van der Waals surface area contributed by atoms with Crippen LogP contribution in [0.25, 0.3) is 0 Å². The Hall–Kier alpha value is -4.05. The van der Waals surface area contributed by atoms with E-state index in [-0.39, 0.29) is 11.3 Å². The number of carboxylic acids is 1. The lowest BCUT2D eigenvalue weighted by Gasteiger charge is -2.33. The van der Waals surface area contributed by atoms with Crippen LogP contribution in [0.1, 0.15) is 78.4 Å². The third-order valence-corrected chi connectivity index (χ3v) is 8.16. The van der Waals surface area contributed by atoms with Gasteiger partial charge in [0.05, 0.1) is 35.7 Å². The topological polar surface area (TPSA) is 88.4 Å². The van der Waals surface area contributed by atoms with Gasteiger partial charge in [-0.15, -0.1) is 0 Å². The molecule has 2 aliphatic heterocycles. The van der Waals surface area contributed by atoms with Crippen LogP contribution in [-0.2, 0) is 24.2 Å². The summed E-state index contributed by atoms with van der Waals surface area (Å²) >= 11 is 5.98. The smallest absolute Gasteiger partial charge is 0.471 e. The number of fused-ring (bicyclic) bond motifs is 3. The molecule has 1 N–H and O–H groups in total. The summed E-state index contributed by atoms with van der Waals surface area (Å²) < 4.78 is 54.5. The summed E-state index contributed by atoms with van der Waals surface area (Å²) in [6.45, 7) is 11.1. The van der Waals surface area contributed by atoms with E-state index in [1.54, 1.807) is 6.07 Å². The Labute approximate surface area is 264 Å². The molecular weight excluding hydrogens is 609 g/mol. The lowest BCUT2D eigenvalue weighted by atomic mass is 9.80. The van der Waals surface area contributed by atoms with E-state index in [0.717, 1.165) is 16.7 Å². The van der Waals surface area contributed by atoms with E-state index in [1.165, 1.54) is 37.3 Å². The molecule has 0 saturated carbocycles. The van der Waals surface area contributed by atoms with E-state index in [9.17, 15) is 27.9 Å². The highest BCUT2D eigenvalue weighted by Gasteiger charge is 2.45. The molecule has 7 nitrogen and oxygen atoms in total. The molecule has 0 spiro atoms. The number of hydrogen-bond donors (Lipinski definition) is 1. The maximum Gasteiger partial charge on any atom is 0.471 e. The van der Waals surface area contributed by atoms with Crippen molar-refractivity contribution in [3.63, 3.8) is 0 Å². The number of amides is 1. The van der Waals surface area contributed by atoms with Gasteiger partial charge in [0.15, 0.2) is 11.5 Å². The van der Waals surface area contributed by atoms with E-state index in [4.69, 9.17) is 26.1 Å². The van der Waals surface area contributed by atoms with Crippen LogP contribution in [0, 0.1) is 6.92 Å². The lowest BCUT2D eigenvalue weighted by Crippen LogP contribution is -2.42. The molecule has 5 rings (SSSR count). The van der Waals surface area contributed by atoms with Crippen molar-refractivity contribution in [3.05, 3.63) is 86.4 Å². The Balaban J connectivity index is 1.78. The summed E-state index contributed by atoms with van der Waals surface area (Å²) in [6.07, 6.45) is -4.19. The molecule has 0 unspecified atom stereocenters. The first-order chi connectivity index (χ1) is 20.9. The number of carbonyl (C=O) groups excluding carboxylic acids is 1. The molecule has 0 aromatic heterocycles. The largest absolute Gasteiger partial charge is 0.490 e. The monoisotopic (exact) mass is 642 g/mol. The molecule has 2 heterocycles. The van der Waals surface area contributed by atoms with Crippen LogP contribution in [0.2, 0.25) is 5.02 Å². The minimum atomic E-state index is -5.28. The van der Waals surface area contributed by atoms with E-state index >= 15 is 0 Å². The van der Waals surface area contributed by atoms with Gasteiger partial charge in [0.1, 0.15) is 5.60 Å². The van der Waals surface area contributed by atoms with Crippen molar-refractivity contribution in [1.29, 1.82) is 0 Å². The first-order valence-corrected chi connectivity index (χ1v) is 14.9. The number of aromatic carboxylic acids is 1. The average molecular weight is 643 g/mol. The molecule has 3 aromatic carbocycles. The van der Waals surface area contributed by atoms with Crippen molar-refractivity contribution in [3.8, 4) is 11.5 Å². The van der Waals surface area contributed by atoms with Gasteiger partial charge in [-0.2, -0.15) is 13.2 Å². The van der Waals surface area contributed by atoms with Crippen LogP contribution in [0.4, 0.5) is 18.9 Å². The van der Waals surface area contributed by atoms with Gasteiger partial charge in [0.25, 0.3) is 0 Å². The molecule has 0 aliphatic carbocycles. The van der Waals surface area contributed by atoms with E-state index < -0.39 is 41.3 Å². The summed E-state index contributed by atoms with van der Waals surface area (Å²) in [5.74, 6) is -2.47. The number of carboxylic acid groups (broad SMARTS) is 1. The maximum atomic E-state index is 14.1. The standard InChI is InChI=1S/C34H34ClF3N2O5/c1-7-44-25-14-20-15-32(3,4)39-27(26(20)24-16-33(5,6)45-29(24)25)22-12-13-23(30(41)42)28(18(22)2)40(31(43)34(36,37)38)17-19-8-10-21(35)11-9-19/h8-14H,7,15-17H2,1-6H3,(H,41,42). The normalized spacial score (nSPS) is 16.3. The van der Waals surface area contributed by atoms with Crippen molar-refractivity contribution in [2.45, 2.75) is 78.2 Å². The number of alkyl halides is 3. The number of benzene rings is 3. The van der Waals surface area contributed by atoms with Crippen molar-refractivity contribution in [1.82, 2.24) is 0 Å². The number of carbonyl (C=O) groups is 2. The SMILES string of the molecule is CCOc1cc2c(c3c1OC(C)(C)C3)C(c1ccc(C(=O)O)c(N(Cc3ccc(Cl)cc3)C(=O)C(F)(F)F)c1C)=NC(C)(C)C2. The summed E-state index contributed by atoms with van der Waals surface area (Å²) in [7, 11) is 0. The van der Waals surface area contributed by atoms with Crippen molar-refractivity contribution in [2.75, 3.05) is 11.5 Å². The highest BCUT2D eigenvalue weighted by Crippen LogP contribution is 2.48. The second-order valence-corrected chi connectivity index (χ2v) is 13.0. The molecule has 238 valence electrons. The predicted molar refractivity (Wildman–Crippen MR) is 166 cm³/mol. The molecule has 3 aromatic rings. The minimum Gasteiger partial charge on any atom is -0.490 e. The van der Waals surface area contributed by atoms with Crippen LogP contribution in [0.3, 0.4) is 0 Å². The zero-order chi connectivity index (χ0) is 33.1. The van der Waals surface area contributed by atoms with Crippen LogP contribution < -0.4 is 14.4 Å².